The highest BCUT2D eigenvalue weighted by atomic mass is 16.2. The van der Waals surface area contributed by atoms with Crippen LogP contribution in [-0.2, 0) is 4.79 Å². The monoisotopic (exact) mass is 348 g/mol. The number of carbonyl (C=O) groups is 1. The average molecular weight is 348 g/mol. The zero-order valence-electron chi connectivity index (χ0n) is 15.6. The van der Waals surface area contributed by atoms with Crippen molar-refractivity contribution in [3.63, 3.8) is 0 Å². The normalized spacial score (nSPS) is 23.2. The number of amides is 1. The second-order valence-corrected chi connectivity index (χ2v) is 7.60. The van der Waals surface area contributed by atoms with Gasteiger partial charge in [0.05, 0.1) is 6.04 Å². The molecule has 1 heterocycles. The number of benzene rings is 2. The molecule has 3 heteroatoms. The van der Waals surface area contributed by atoms with E-state index in [-0.39, 0.29) is 6.04 Å². The summed E-state index contributed by atoms with van der Waals surface area (Å²) in [6.07, 6.45) is 2.24. The predicted octanol–water partition coefficient (Wildman–Crippen LogP) is 3.97. The van der Waals surface area contributed by atoms with Crippen molar-refractivity contribution in [1.82, 2.24) is 9.80 Å². The Morgan fingerprint density at radius 3 is 1.92 bits per heavy atom. The summed E-state index contributed by atoms with van der Waals surface area (Å²) in [5.74, 6) is 1.35. The van der Waals surface area contributed by atoms with Crippen molar-refractivity contribution in [2.24, 2.45) is 11.8 Å². The Balaban J connectivity index is 1.47. The third kappa shape index (κ3) is 3.54. The summed E-state index contributed by atoms with van der Waals surface area (Å²) in [5.41, 5.74) is 2.65. The van der Waals surface area contributed by atoms with E-state index in [1.54, 1.807) is 0 Å². The van der Waals surface area contributed by atoms with Crippen LogP contribution in [0, 0.1) is 11.8 Å². The van der Waals surface area contributed by atoms with E-state index in [4.69, 9.17) is 0 Å². The van der Waals surface area contributed by atoms with Gasteiger partial charge in [0.15, 0.2) is 0 Å². The van der Waals surface area contributed by atoms with E-state index in [0.717, 1.165) is 39.0 Å². The van der Waals surface area contributed by atoms with Crippen LogP contribution in [0.5, 0.6) is 0 Å². The fraction of sp³-hybridized carbons (Fsp3) is 0.435. The molecule has 0 aromatic heterocycles. The molecule has 26 heavy (non-hydrogen) atoms. The first-order valence-corrected chi connectivity index (χ1v) is 9.90. The molecule has 0 radical (unpaired) electrons. The Labute approximate surface area is 156 Å². The number of carbonyl (C=O) groups excluding carboxylic acids is 1. The molecule has 0 bridgehead atoms. The third-order valence-electron chi connectivity index (χ3n) is 5.99. The first kappa shape index (κ1) is 17.3. The van der Waals surface area contributed by atoms with Gasteiger partial charge in [0.1, 0.15) is 0 Å². The lowest BCUT2D eigenvalue weighted by molar-refractivity contribution is -0.134. The van der Waals surface area contributed by atoms with Crippen LogP contribution in [0.15, 0.2) is 60.7 Å². The van der Waals surface area contributed by atoms with Crippen LogP contribution in [0.2, 0.25) is 0 Å². The van der Waals surface area contributed by atoms with Gasteiger partial charge in [0.25, 0.3) is 0 Å². The Hall–Kier alpha value is -2.13. The molecule has 1 saturated carbocycles. The molecule has 0 spiro atoms. The fourth-order valence-electron chi connectivity index (χ4n) is 4.32. The lowest BCUT2D eigenvalue weighted by atomic mass is 9.96. The highest BCUT2D eigenvalue weighted by molar-refractivity contribution is 5.81. The van der Waals surface area contributed by atoms with Gasteiger partial charge < -0.3 is 4.90 Å². The van der Waals surface area contributed by atoms with Crippen molar-refractivity contribution in [3.8, 4) is 0 Å². The van der Waals surface area contributed by atoms with Gasteiger partial charge in [-0.2, -0.15) is 0 Å². The molecule has 2 fully saturated rings. The first-order valence-electron chi connectivity index (χ1n) is 9.90. The number of hydrogen-bond acceptors (Lipinski definition) is 2. The van der Waals surface area contributed by atoms with Crippen LogP contribution >= 0.6 is 0 Å². The summed E-state index contributed by atoms with van der Waals surface area (Å²) >= 11 is 0. The smallest absolute Gasteiger partial charge is 0.226 e. The van der Waals surface area contributed by atoms with Gasteiger partial charge in [-0.1, -0.05) is 74.0 Å². The van der Waals surface area contributed by atoms with Gasteiger partial charge in [-0.15, -0.1) is 0 Å². The van der Waals surface area contributed by atoms with Crippen molar-refractivity contribution >= 4 is 5.91 Å². The molecule has 0 N–H and O–H groups in total. The predicted molar refractivity (Wildman–Crippen MR) is 105 cm³/mol. The lowest BCUT2D eigenvalue weighted by Crippen LogP contribution is -2.50. The van der Waals surface area contributed by atoms with Crippen molar-refractivity contribution in [1.29, 1.82) is 0 Å². The molecule has 1 aliphatic heterocycles. The second kappa shape index (κ2) is 7.63. The largest absolute Gasteiger partial charge is 0.340 e. The van der Waals surface area contributed by atoms with E-state index in [2.05, 4.69) is 77.4 Å². The van der Waals surface area contributed by atoms with Gasteiger partial charge in [-0.05, 0) is 23.5 Å². The molecular weight excluding hydrogens is 320 g/mol. The minimum absolute atomic E-state index is 0.263. The molecule has 2 atom stereocenters. The zero-order chi connectivity index (χ0) is 17.9. The van der Waals surface area contributed by atoms with E-state index in [1.165, 1.54) is 11.1 Å². The number of rotatable bonds is 5. The van der Waals surface area contributed by atoms with Crippen molar-refractivity contribution in [2.45, 2.75) is 25.8 Å². The third-order valence-corrected chi connectivity index (χ3v) is 5.99. The van der Waals surface area contributed by atoms with Crippen LogP contribution in [-0.4, -0.2) is 41.9 Å². The second-order valence-electron chi connectivity index (χ2n) is 7.60. The molecule has 2 unspecified atom stereocenters. The summed E-state index contributed by atoms with van der Waals surface area (Å²) in [6, 6.07) is 21.7. The van der Waals surface area contributed by atoms with E-state index < -0.39 is 0 Å². The average Bonchev–Trinajstić information content (AvgIpc) is 3.50. The summed E-state index contributed by atoms with van der Waals surface area (Å²) in [6.45, 7) is 5.76. The number of hydrogen-bond donors (Lipinski definition) is 0. The molecule has 136 valence electrons. The first-order chi connectivity index (χ1) is 12.8. The highest BCUT2D eigenvalue weighted by Crippen LogP contribution is 2.42. The number of nitrogens with zero attached hydrogens (tertiary/aromatic N) is 2. The minimum Gasteiger partial charge on any atom is -0.340 e. The van der Waals surface area contributed by atoms with E-state index in [0.29, 0.717) is 17.7 Å². The molecular formula is C23H28N2O. The Kier molecular flexibility index (Phi) is 5.07. The summed E-state index contributed by atoms with van der Waals surface area (Å²) in [5, 5.41) is 0. The van der Waals surface area contributed by atoms with Crippen molar-refractivity contribution in [3.05, 3.63) is 71.8 Å². The standard InChI is InChI=1S/C23H28N2O/c1-2-18-17-21(18)23(26)25-15-13-24(14-16-25)22(19-9-5-3-6-10-19)20-11-7-4-8-12-20/h3-12,18,21-22H,2,13-17H2,1H3. The number of piperazine rings is 1. The zero-order valence-corrected chi connectivity index (χ0v) is 15.6. The van der Waals surface area contributed by atoms with Gasteiger partial charge in [-0.3, -0.25) is 9.69 Å². The van der Waals surface area contributed by atoms with Crippen LogP contribution < -0.4 is 0 Å². The van der Waals surface area contributed by atoms with Gasteiger partial charge in [-0.25, -0.2) is 0 Å². The summed E-state index contributed by atoms with van der Waals surface area (Å²) in [7, 11) is 0. The lowest BCUT2D eigenvalue weighted by Gasteiger charge is -2.40. The molecule has 1 amide bonds. The van der Waals surface area contributed by atoms with Crippen LogP contribution in [0.4, 0.5) is 0 Å². The molecule has 2 aromatic rings. The maximum Gasteiger partial charge on any atom is 0.226 e. The molecule has 1 aliphatic carbocycles. The maximum atomic E-state index is 12.7. The van der Waals surface area contributed by atoms with E-state index >= 15 is 0 Å². The Morgan fingerprint density at radius 1 is 0.923 bits per heavy atom. The summed E-state index contributed by atoms with van der Waals surface area (Å²) < 4.78 is 0. The van der Waals surface area contributed by atoms with Crippen molar-refractivity contribution < 1.29 is 4.79 Å². The topological polar surface area (TPSA) is 23.6 Å². The molecule has 3 nitrogen and oxygen atoms in total. The van der Waals surface area contributed by atoms with Crippen LogP contribution in [0.1, 0.15) is 36.9 Å². The van der Waals surface area contributed by atoms with Gasteiger partial charge in [0.2, 0.25) is 5.91 Å². The SMILES string of the molecule is CCC1CC1C(=O)N1CCN(C(c2ccccc2)c2ccccc2)CC1. The minimum atomic E-state index is 0.263. The van der Waals surface area contributed by atoms with Crippen LogP contribution in [0.3, 0.4) is 0 Å². The van der Waals surface area contributed by atoms with Gasteiger partial charge in [0, 0.05) is 32.1 Å². The molecule has 2 aliphatic rings. The maximum absolute atomic E-state index is 12.7. The Morgan fingerprint density at radius 2 is 1.46 bits per heavy atom. The highest BCUT2D eigenvalue weighted by Gasteiger charge is 2.44. The van der Waals surface area contributed by atoms with Crippen molar-refractivity contribution in [2.75, 3.05) is 26.2 Å². The molecule has 2 aromatic carbocycles. The van der Waals surface area contributed by atoms with Gasteiger partial charge >= 0.3 is 0 Å². The van der Waals surface area contributed by atoms with E-state index in [9.17, 15) is 4.79 Å². The summed E-state index contributed by atoms with van der Waals surface area (Å²) in [4.78, 5) is 17.3. The molecule has 1 saturated heterocycles. The molecule has 4 rings (SSSR count). The Bertz CT molecular complexity index is 683. The van der Waals surface area contributed by atoms with E-state index in [1.807, 2.05) is 0 Å². The van der Waals surface area contributed by atoms with Crippen LogP contribution in [0.25, 0.3) is 0 Å². The quantitative estimate of drug-likeness (QED) is 0.816. The fourth-order valence-corrected chi connectivity index (χ4v) is 4.32.